The monoisotopic (exact) mass is 374 g/mol. The molecule has 0 aliphatic carbocycles. The van der Waals surface area contributed by atoms with Crippen LogP contribution in [-0.2, 0) is 21.4 Å². The normalized spacial score (nSPS) is 16.3. The summed E-state index contributed by atoms with van der Waals surface area (Å²) in [6.07, 6.45) is 0. The van der Waals surface area contributed by atoms with Crippen molar-refractivity contribution in [1.29, 1.82) is 0 Å². The van der Waals surface area contributed by atoms with Crippen LogP contribution in [0.4, 0.5) is 0 Å². The van der Waals surface area contributed by atoms with Crippen LogP contribution in [0.2, 0.25) is 0 Å². The van der Waals surface area contributed by atoms with Crippen molar-refractivity contribution in [1.82, 2.24) is 9.62 Å². The van der Waals surface area contributed by atoms with E-state index >= 15 is 0 Å². The summed E-state index contributed by atoms with van der Waals surface area (Å²) >= 11 is 0. The van der Waals surface area contributed by atoms with Crippen molar-refractivity contribution < 1.29 is 18.1 Å². The minimum atomic E-state index is -3.44. The summed E-state index contributed by atoms with van der Waals surface area (Å²) in [5.74, 6) is -0.0109. The van der Waals surface area contributed by atoms with Gasteiger partial charge in [0.05, 0.1) is 31.1 Å². The number of piperazine rings is 1. The molecule has 0 radical (unpaired) electrons. The maximum atomic E-state index is 12.6. The number of rotatable bonds is 6. The predicted octanol–water partition coefficient (Wildman–Crippen LogP) is -0.108. The largest absolute Gasteiger partial charge is 0.347 e. The Morgan fingerprint density at radius 1 is 0.962 bits per heavy atom. The van der Waals surface area contributed by atoms with Crippen LogP contribution in [0.3, 0.4) is 0 Å². The highest BCUT2D eigenvalue weighted by Gasteiger charge is 2.30. The van der Waals surface area contributed by atoms with Gasteiger partial charge in [0.25, 0.3) is 5.91 Å². The predicted molar refractivity (Wildman–Crippen MR) is 99.1 cm³/mol. The fourth-order valence-electron chi connectivity index (χ4n) is 3.05. The fraction of sp³-hybridized carbons (Fsp3) is 0.316. The molecule has 0 spiro atoms. The first kappa shape index (κ1) is 18.6. The van der Waals surface area contributed by atoms with E-state index in [0.29, 0.717) is 44.2 Å². The van der Waals surface area contributed by atoms with Gasteiger partial charge in [-0.2, -0.15) is 4.31 Å². The molecule has 0 aromatic heterocycles. The van der Waals surface area contributed by atoms with Gasteiger partial charge in [0.15, 0.2) is 6.54 Å². The molecule has 138 valence electrons. The van der Waals surface area contributed by atoms with Gasteiger partial charge < -0.3 is 10.2 Å². The van der Waals surface area contributed by atoms with Crippen LogP contribution in [0.5, 0.6) is 0 Å². The van der Waals surface area contributed by atoms with E-state index in [9.17, 15) is 13.2 Å². The van der Waals surface area contributed by atoms with E-state index in [0.717, 1.165) is 10.5 Å². The average Bonchev–Trinajstić information content (AvgIpc) is 2.68. The van der Waals surface area contributed by atoms with E-state index in [1.54, 1.807) is 30.3 Å². The summed E-state index contributed by atoms with van der Waals surface area (Å²) in [6.45, 7) is 3.00. The molecule has 26 heavy (non-hydrogen) atoms. The molecule has 0 bridgehead atoms. The van der Waals surface area contributed by atoms with Crippen molar-refractivity contribution in [3.8, 4) is 0 Å². The molecule has 0 unspecified atom stereocenters. The third-order valence-electron chi connectivity index (χ3n) is 4.55. The van der Waals surface area contributed by atoms with E-state index in [2.05, 4.69) is 5.32 Å². The number of hydrogen-bond donors (Lipinski definition) is 2. The zero-order chi connectivity index (χ0) is 18.4. The molecule has 1 fully saturated rings. The standard InChI is InChI=1S/C19H23N3O3S/c23-19(20-15-17-7-3-1-4-8-17)16-21-11-13-22(14-12-21)26(24,25)18-9-5-2-6-10-18/h1-10H,11-16H2,(H,20,23)/p+1. The van der Waals surface area contributed by atoms with Crippen LogP contribution in [0.15, 0.2) is 65.6 Å². The zero-order valence-electron chi connectivity index (χ0n) is 14.6. The lowest BCUT2D eigenvalue weighted by atomic mass is 10.2. The number of sulfonamides is 1. The molecule has 7 heteroatoms. The minimum absolute atomic E-state index is 0.0109. The Labute approximate surface area is 154 Å². The second-order valence-corrected chi connectivity index (χ2v) is 8.34. The molecule has 0 saturated carbocycles. The van der Waals surface area contributed by atoms with E-state index in [1.165, 1.54) is 4.31 Å². The lowest BCUT2D eigenvalue weighted by Crippen LogP contribution is -3.15. The molecule has 6 nitrogen and oxygen atoms in total. The van der Waals surface area contributed by atoms with E-state index in [1.807, 2.05) is 30.3 Å². The lowest BCUT2D eigenvalue weighted by molar-refractivity contribution is -0.895. The van der Waals surface area contributed by atoms with Crippen molar-refractivity contribution in [3.05, 3.63) is 66.2 Å². The van der Waals surface area contributed by atoms with Crippen molar-refractivity contribution >= 4 is 15.9 Å². The van der Waals surface area contributed by atoms with Crippen LogP contribution >= 0.6 is 0 Å². The molecule has 2 aromatic rings. The van der Waals surface area contributed by atoms with Crippen molar-refractivity contribution in [2.75, 3.05) is 32.7 Å². The molecule has 1 saturated heterocycles. The number of nitrogens with one attached hydrogen (secondary N) is 2. The third kappa shape index (κ3) is 4.69. The number of quaternary nitrogens is 1. The van der Waals surface area contributed by atoms with Crippen LogP contribution in [0.1, 0.15) is 5.56 Å². The zero-order valence-corrected chi connectivity index (χ0v) is 15.4. The molecule has 1 amide bonds. The van der Waals surface area contributed by atoms with Gasteiger partial charge in [-0.1, -0.05) is 48.5 Å². The molecule has 1 aliphatic rings. The molecule has 3 rings (SSSR count). The highest BCUT2D eigenvalue weighted by Crippen LogP contribution is 2.14. The molecular formula is C19H24N3O3S+. The van der Waals surface area contributed by atoms with Gasteiger partial charge in [-0.25, -0.2) is 8.42 Å². The Kier molecular flexibility index (Phi) is 6.03. The Balaban J connectivity index is 1.47. The van der Waals surface area contributed by atoms with Crippen molar-refractivity contribution in [3.63, 3.8) is 0 Å². The number of hydrogen-bond acceptors (Lipinski definition) is 3. The number of amides is 1. The number of nitrogens with zero attached hydrogens (tertiary/aromatic N) is 1. The summed E-state index contributed by atoms with van der Waals surface area (Å²) in [6, 6.07) is 18.3. The Morgan fingerprint density at radius 2 is 1.54 bits per heavy atom. The summed E-state index contributed by atoms with van der Waals surface area (Å²) in [5, 5.41) is 2.92. The van der Waals surface area contributed by atoms with Gasteiger partial charge in [0, 0.05) is 6.54 Å². The second kappa shape index (κ2) is 8.44. The smallest absolute Gasteiger partial charge is 0.275 e. The highest BCUT2D eigenvalue weighted by atomic mass is 32.2. The SMILES string of the molecule is O=C(C[NH+]1CCN(S(=O)(=O)c2ccccc2)CC1)NCc1ccccc1. The molecular weight excluding hydrogens is 350 g/mol. The second-order valence-electron chi connectivity index (χ2n) is 6.41. The molecule has 1 heterocycles. The van der Waals surface area contributed by atoms with Crippen molar-refractivity contribution in [2.24, 2.45) is 0 Å². The Hall–Kier alpha value is -2.22. The van der Waals surface area contributed by atoms with Gasteiger partial charge in [-0.3, -0.25) is 4.79 Å². The topological polar surface area (TPSA) is 70.9 Å². The first-order valence-corrected chi connectivity index (χ1v) is 10.2. The maximum absolute atomic E-state index is 12.6. The Bertz CT molecular complexity index is 818. The lowest BCUT2D eigenvalue weighted by Gasteiger charge is -2.31. The quantitative estimate of drug-likeness (QED) is 0.741. The molecule has 2 aromatic carbocycles. The van der Waals surface area contributed by atoms with Gasteiger partial charge in [-0.05, 0) is 17.7 Å². The van der Waals surface area contributed by atoms with Gasteiger partial charge >= 0.3 is 0 Å². The summed E-state index contributed by atoms with van der Waals surface area (Å²) in [7, 11) is -3.44. The third-order valence-corrected chi connectivity index (χ3v) is 6.47. The van der Waals surface area contributed by atoms with Crippen molar-refractivity contribution in [2.45, 2.75) is 11.4 Å². The number of carbonyl (C=O) groups is 1. The number of carbonyl (C=O) groups excluding carboxylic acids is 1. The Morgan fingerprint density at radius 3 is 2.15 bits per heavy atom. The first-order chi connectivity index (χ1) is 12.6. The van der Waals surface area contributed by atoms with E-state index < -0.39 is 10.0 Å². The molecule has 2 N–H and O–H groups in total. The van der Waals surface area contributed by atoms with E-state index in [-0.39, 0.29) is 5.91 Å². The summed E-state index contributed by atoms with van der Waals surface area (Å²) in [5.41, 5.74) is 1.06. The number of benzene rings is 2. The summed E-state index contributed by atoms with van der Waals surface area (Å²) in [4.78, 5) is 13.6. The van der Waals surface area contributed by atoms with Gasteiger partial charge in [0.1, 0.15) is 0 Å². The molecule has 1 aliphatic heterocycles. The molecule has 0 atom stereocenters. The van der Waals surface area contributed by atoms with Gasteiger partial charge in [-0.15, -0.1) is 0 Å². The van der Waals surface area contributed by atoms with Gasteiger partial charge in [0.2, 0.25) is 10.0 Å². The maximum Gasteiger partial charge on any atom is 0.275 e. The van der Waals surface area contributed by atoms with Crippen LogP contribution in [-0.4, -0.2) is 51.4 Å². The first-order valence-electron chi connectivity index (χ1n) is 8.75. The van der Waals surface area contributed by atoms with Crippen LogP contribution in [0.25, 0.3) is 0 Å². The van der Waals surface area contributed by atoms with Crippen LogP contribution in [0, 0.1) is 0 Å². The van der Waals surface area contributed by atoms with Crippen LogP contribution < -0.4 is 10.2 Å². The fourth-order valence-corrected chi connectivity index (χ4v) is 4.51. The average molecular weight is 374 g/mol. The van der Waals surface area contributed by atoms with E-state index in [4.69, 9.17) is 0 Å². The highest BCUT2D eigenvalue weighted by molar-refractivity contribution is 7.89. The minimum Gasteiger partial charge on any atom is -0.347 e. The summed E-state index contributed by atoms with van der Waals surface area (Å²) < 4.78 is 26.7.